The first kappa shape index (κ1) is 18.4. The van der Waals surface area contributed by atoms with Crippen LogP contribution in [0.25, 0.3) is 0 Å². The molecule has 3 N–H and O–H groups in total. The molecular weight excluding hydrogens is 372 g/mol. The fourth-order valence-corrected chi connectivity index (χ4v) is 5.39. The maximum atomic E-state index is 12.9. The van der Waals surface area contributed by atoms with Gasteiger partial charge in [-0.2, -0.15) is 0 Å². The van der Waals surface area contributed by atoms with E-state index < -0.39 is 23.8 Å². The number of rotatable bonds is 3. The number of nitrogens with zero attached hydrogens (tertiary/aromatic N) is 2. The average Bonchev–Trinajstić information content (AvgIpc) is 3.14. The average molecular weight is 396 g/mol. The lowest BCUT2D eigenvalue weighted by atomic mass is 9.75. The zero-order valence-corrected chi connectivity index (χ0v) is 16.1. The molecular formula is C21H24N4O4. The Morgan fingerprint density at radius 2 is 1.83 bits per heavy atom. The summed E-state index contributed by atoms with van der Waals surface area (Å²) in [6.45, 7) is 2.66. The van der Waals surface area contributed by atoms with Crippen LogP contribution in [0.2, 0.25) is 0 Å². The topological polar surface area (TPSA) is 113 Å². The normalized spacial score (nSPS) is 28.7. The largest absolute Gasteiger partial charge is 0.327 e. The van der Waals surface area contributed by atoms with Crippen LogP contribution in [0.3, 0.4) is 0 Å². The molecule has 2 unspecified atom stereocenters. The fourth-order valence-electron chi connectivity index (χ4n) is 5.39. The van der Waals surface area contributed by atoms with E-state index in [4.69, 9.17) is 5.73 Å². The predicted molar refractivity (Wildman–Crippen MR) is 103 cm³/mol. The van der Waals surface area contributed by atoms with Crippen LogP contribution in [0.15, 0.2) is 18.2 Å². The molecule has 29 heavy (non-hydrogen) atoms. The molecule has 152 valence electrons. The van der Waals surface area contributed by atoms with Gasteiger partial charge in [-0.25, -0.2) is 0 Å². The summed E-state index contributed by atoms with van der Waals surface area (Å²) in [4.78, 5) is 52.5. The van der Waals surface area contributed by atoms with Gasteiger partial charge < -0.3 is 5.73 Å². The summed E-state index contributed by atoms with van der Waals surface area (Å²) >= 11 is 0. The third-order valence-corrected chi connectivity index (χ3v) is 6.96. The molecule has 4 aliphatic rings. The summed E-state index contributed by atoms with van der Waals surface area (Å²) in [6.07, 6.45) is 3.76. The maximum absolute atomic E-state index is 12.9. The number of likely N-dealkylation sites (tertiary alicyclic amines) is 1. The molecule has 1 aromatic carbocycles. The highest BCUT2D eigenvalue weighted by atomic mass is 16.2. The van der Waals surface area contributed by atoms with Gasteiger partial charge in [-0.3, -0.25) is 34.3 Å². The first-order chi connectivity index (χ1) is 13.9. The standard InChI is InChI=1S/C21H24N4O4/c22-16-2-1-7-21(16)10-24(11-21)9-12-3-4-13-14(8-12)20(29)25(19(13)28)15-5-6-17(26)23-18(15)27/h3-4,8,15-16H,1-2,5-7,9-11,22H2,(H,23,26,27). The second kappa shape index (κ2) is 6.47. The van der Waals surface area contributed by atoms with Gasteiger partial charge in [-0.05, 0) is 37.0 Å². The Kier molecular flexibility index (Phi) is 4.11. The van der Waals surface area contributed by atoms with Gasteiger partial charge in [0.15, 0.2) is 0 Å². The van der Waals surface area contributed by atoms with Gasteiger partial charge in [-0.1, -0.05) is 12.5 Å². The Labute approximate surface area is 168 Å². The molecule has 0 radical (unpaired) electrons. The quantitative estimate of drug-likeness (QED) is 0.715. The fraction of sp³-hybridized carbons (Fsp3) is 0.524. The van der Waals surface area contributed by atoms with Crippen molar-refractivity contribution in [1.29, 1.82) is 0 Å². The number of piperidine rings is 1. The second-order valence-electron chi connectivity index (χ2n) is 8.83. The number of hydrogen-bond acceptors (Lipinski definition) is 6. The van der Waals surface area contributed by atoms with E-state index in [9.17, 15) is 19.2 Å². The van der Waals surface area contributed by atoms with Gasteiger partial charge in [0.25, 0.3) is 11.8 Å². The van der Waals surface area contributed by atoms with Crippen LogP contribution in [0.1, 0.15) is 58.4 Å². The summed E-state index contributed by atoms with van der Waals surface area (Å²) in [5, 5.41) is 2.21. The molecule has 3 heterocycles. The number of nitrogens with one attached hydrogen (secondary N) is 1. The third-order valence-electron chi connectivity index (χ3n) is 6.96. The number of imide groups is 2. The number of benzene rings is 1. The van der Waals surface area contributed by atoms with Crippen molar-refractivity contribution in [2.24, 2.45) is 11.1 Å². The van der Waals surface area contributed by atoms with Gasteiger partial charge in [0.05, 0.1) is 11.1 Å². The van der Waals surface area contributed by atoms with Gasteiger partial charge in [-0.15, -0.1) is 0 Å². The molecule has 2 saturated heterocycles. The van der Waals surface area contributed by atoms with Crippen LogP contribution in [-0.2, 0) is 16.1 Å². The minimum atomic E-state index is -0.928. The molecule has 1 saturated carbocycles. The highest BCUT2D eigenvalue weighted by molar-refractivity contribution is 6.23. The Morgan fingerprint density at radius 1 is 1.07 bits per heavy atom. The van der Waals surface area contributed by atoms with E-state index in [-0.39, 0.29) is 30.2 Å². The highest BCUT2D eigenvalue weighted by Crippen LogP contribution is 2.45. The van der Waals surface area contributed by atoms with Crippen molar-refractivity contribution in [1.82, 2.24) is 15.1 Å². The van der Waals surface area contributed by atoms with Crippen molar-refractivity contribution in [2.75, 3.05) is 13.1 Å². The maximum Gasteiger partial charge on any atom is 0.262 e. The molecule has 1 aliphatic carbocycles. The molecule has 4 amide bonds. The summed E-state index contributed by atoms with van der Waals surface area (Å²) in [7, 11) is 0. The number of hydrogen-bond donors (Lipinski definition) is 2. The van der Waals surface area contributed by atoms with Crippen molar-refractivity contribution in [3.05, 3.63) is 34.9 Å². The van der Waals surface area contributed by atoms with E-state index in [2.05, 4.69) is 10.2 Å². The van der Waals surface area contributed by atoms with Crippen LogP contribution in [-0.4, -0.2) is 58.6 Å². The minimum absolute atomic E-state index is 0.119. The van der Waals surface area contributed by atoms with E-state index in [0.29, 0.717) is 17.7 Å². The van der Waals surface area contributed by atoms with E-state index in [0.717, 1.165) is 30.0 Å². The van der Waals surface area contributed by atoms with Crippen LogP contribution in [0.5, 0.6) is 0 Å². The smallest absolute Gasteiger partial charge is 0.262 e. The number of fused-ring (bicyclic) bond motifs is 1. The minimum Gasteiger partial charge on any atom is -0.327 e. The van der Waals surface area contributed by atoms with Crippen molar-refractivity contribution in [2.45, 2.75) is 50.7 Å². The molecule has 0 bridgehead atoms. The van der Waals surface area contributed by atoms with Gasteiger partial charge in [0.1, 0.15) is 6.04 Å². The van der Waals surface area contributed by atoms with E-state index in [1.54, 1.807) is 12.1 Å². The Bertz CT molecular complexity index is 937. The van der Waals surface area contributed by atoms with Gasteiger partial charge >= 0.3 is 0 Å². The molecule has 1 spiro atoms. The summed E-state index contributed by atoms with van der Waals surface area (Å²) < 4.78 is 0. The van der Waals surface area contributed by atoms with Crippen molar-refractivity contribution in [3.63, 3.8) is 0 Å². The first-order valence-electron chi connectivity index (χ1n) is 10.2. The Morgan fingerprint density at radius 3 is 2.52 bits per heavy atom. The molecule has 3 fully saturated rings. The van der Waals surface area contributed by atoms with Crippen LogP contribution in [0, 0.1) is 5.41 Å². The lowest BCUT2D eigenvalue weighted by Gasteiger charge is -2.51. The zero-order valence-electron chi connectivity index (χ0n) is 16.1. The number of carbonyl (C=O) groups is 4. The van der Waals surface area contributed by atoms with Gasteiger partial charge in [0.2, 0.25) is 11.8 Å². The van der Waals surface area contributed by atoms with Crippen molar-refractivity contribution >= 4 is 23.6 Å². The SMILES string of the molecule is NC1CCCC12CN(Cc1ccc3c(c1)C(=O)N(C1CCC(=O)NC1=O)C3=O)C2. The van der Waals surface area contributed by atoms with Crippen LogP contribution < -0.4 is 11.1 Å². The summed E-state index contributed by atoms with van der Waals surface area (Å²) in [6, 6.07) is 4.66. The molecule has 0 aromatic heterocycles. The van der Waals surface area contributed by atoms with E-state index in [1.807, 2.05) is 6.07 Å². The molecule has 1 aromatic rings. The van der Waals surface area contributed by atoms with Crippen molar-refractivity contribution < 1.29 is 19.2 Å². The number of carbonyl (C=O) groups excluding carboxylic acids is 4. The Balaban J connectivity index is 1.31. The van der Waals surface area contributed by atoms with Gasteiger partial charge in [0, 0.05) is 37.5 Å². The lowest BCUT2D eigenvalue weighted by Crippen LogP contribution is -2.61. The molecule has 8 heteroatoms. The van der Waals surface area contributed by atoms with E-state index in [1.165, 1.54) is 12.8 Å². The number of amides is 4. The lowest BCUT2D eigenvalue weighted by molar-refractivity contribution is -0.136. The summed E-state index contributed by atoms with van der Waals surface area (Å²) in [5.74, 6) is -1.89. The highest BCUT2D eigenvalue weighted by Gasteiger charge is 2.50. The predicted octanol–water partition coefficient (Wildman–Crippen LogP) is 0.401. The molecule has 5 rings (SSSR count). The third kappa shape index (κ3) is 2.81. The van der Waals surface area contributed by atoms with Crippen molar-refractivity contribution in [3.8, 4) is 0 Å². The van der Waals surface area contributed by atoms with E-state index >= 15 is 0 Å². The number of nitrogens with two attached hydrogens (primary N) is 1. The molecule has 3 aliphatic heterocycles. The molecule has 2 atom stereocenters. The first-order valence-corrected chi connectivity index (χ1v) is 10.2. The Hall–Kier alpha value is -2.58. The summed E-state index contributed by atoms with van der Waals surface area (Å²) in [5.41, 5.74) is 8.16. The second-order valence-corrected chi connectivity index (χ2v) is 8.83. The molecule has 8 nitrogen and oxygen atoms in total. The van der Waals surface area contributed by atoms with Crippen LogP contribution >= 0.6 is 0 Å². The zero-order chi connectivity index (χ0) is 20.3. The van der Waals surface area contributed by atoms with Crippen LogP contribution in [0.4, 0.5) is 0 Å². The monoisotopic (exact) mass is 396 g/mol.